The minimum Gasteiger partial charge on any atom is -0.361 e. The third-order valence-corrected chi connectivity index (χ3v) is 6.70. The highest BCUT2D eigenvalue weighted by molar-refractivity contribution is 6.33. The number of benzene rings is 3. The Morgan fingerprint density at radius 1 is 0.968 bits per heavy atom. The molecule has 0 aromatic heterocycles. The molecule has 3 aromatic carbocycles. The highest BCUT2D eigenvalue weighted by atomic mass is 35.5. The summed E-state index contributed by atoms with van der Waals surface area (Å²) >= 11 is 12.8. The first kappa shape index (κ1) is 21.7. The zero-order chi connectivity index (χ0) is 22.0. The Morgan fingerprint density at radius 2 is 1.68 bits per heavy atom. The van der Waals surface area contributed by atoms with Gasteiger partial charge < -0.3 is 4.90 Å². The number of nitrogens with zero attached hydrogens (tertiary/aromatic N) is 3. The number of aryl methyl sites for hydroxylation is 1. The van der Waals surface area contributed by atoms with Gasteiger partial charge in [0.25, 0.3) is 0 Å². The van der Waals surface area contributed by atoms with Gasteiger partial charge in [0, 0.05) is 30.7 Å². The van der Waals surface area contributed by atoms with E-state index >= 15 is 0 Å². The van der Waals surface area contributed by atoms with Gasteiger partial charge in [0.15, 0.2) is 0 Å². The number of nitriles is 1. The summed E-state index contributed by atoms with van der Waals surface area (Å²) in [6, 6.07) is 24.9. The molecule has 0 spiro atoms. The SMILES string of the molecule is Cc1ccc(N2CCN([C@H](C)c3ccc(C#N)cc3)C[C@H]2c2ccc(Cl)cc2)c(Cl)c1. The van der Waals surface area contributed by atoms with Gasteiger partial charge in [-0.3, -0.25) is 4.90 Å². The molecule has 0 radical (unpaired) electrons. The van der Waals surface area contributed by atoms with Crippen LogP contribution in [0.2, 0.25) is 10.0 Å². The molecule has 0 aliphatic carbocycles. The van der Waals surface area contributed by atoms with Crippen molar-refractivity contribution in [3.8, 4) is 6.07 Å². The lowest BCUT2D eigenvalue weighted by atomic mass is 9.98. The number of hydrogen-bond acceptors (Lipinski definition) is 3. The molecule has 5 heteroatoms. The van der Waals surface area contributed by atoms with E-state index in [4.69, 9.17) is 28.5 Å². The molecule has 4 rings (SSSR count). The predicted molar refractivity (Wildman–Crippen MR) is 129 cm³/mol. The van der Waals surface area contributed by atoms with Crippen LogP contribution in [-0.2, 0) is 0 Å². The standard InChI is InChI=1S/C26H25Cl2N3/c1-18-3-12-25(24(28)15-18)31-14-13-30(17-26(31)22-8-10-23(27)11-9-22)19(2)21-6-4-20(16-29)5-7-21/h3-12,15,19,26H,13-14,17H2,1-2H3/t19-,26+/m1/s1. The number of piperazine rings is 1. The van der Waals surface area contributed by atoms with Crippen LogP contribution in [0.1, 0.15) is 41.3 Å². The molecule has 2 atom stereocenters. The first-order valence-electron chi connectivity index (χ1n) is 10.5. The second kappa shape index (κ2) is 9.32. The van der Waals surface area contributed by atoms with Gasteiger partial charge in [0.2, 0.25) is 0 Å². The van der Waals surface area contributed by atoms with Gasteiger partial charge in [-0.15, -0.1) is 0 Å². The van der Waals surface area contributed by atoms with Crippen molar-refractivity contribution in [3.63, 3.8) is 0 Å². The van der Waals surface area contributed by atoms with E-state index in [0.717, 1.165) is 40.9 Å². The topological polar surface area (TPSA) is 30.3 Å². The lowest BCUT2D eigenvalue weighted by molar-refractivity contribution is 0.171. The molecule has 158 valence electrons. The predicted octanol–water partition coefficient (Wildman–Crippen LogP) is 6.80. The van der Waals surface area contributed by atoms with E-state index in [9.17, 15) is 0 Å². The van der Waals surface area contributed by atoms with Crippen molar-refractivity contribution in [1.29, 1.82) is 5.26 Å². The highest BCUT2D eigenvalue weighted by Gasteiger charge is 2.32. The van der Waals surface area contributed by atoms with Crippen LogP contribution >= 0.6 is 23.2 Å². The van der Waals surface area contributed by atoms with Crippen LogP contribution in [0, 0.1) is 18.3 Å². The van der Waals surface area contributed by atoms with Crippen molar-refractivity contribution in [2.75, 3.05) is 24.5 Å². The molecule has 1 aliphatic heterocycles. The van der Waals surface area contributed by atoms with E-state index in [2.05, 4.69) is 66.1 Å². The Labute approximate surface area is 194 Å². The average molecular weight is 450 g/mol. The second-order valence-corrected chi connectivity index (χ2v) is 8.96. The van der Waals surface area contributed by atoms with Gasteiger partial charge in [-0.05, 0) is 66.9 Å². The van der Waals surface area contributed by atoms with Gasteiger partial charge in [0.1, 0.15) is 0 Å². The molecule has 0 N–H and O–H groups in total. The van der Waals surface area contributed by atoms with E-state index in [1.807, 2.05) is 30.3 Å². The fourth-order valence-corrected chi connectivity index (χ4v) is 4.78. The molecule has 0 unspecified atom stereocenters. The van der Waals surface area contributed by atoms with Crippen molar-refractivity contribution in [3.05, 3.63) is 99.0 Å². The molecule has 1 aliphatic rings. The first-order valence-corrected chi connectivity index (χ1v) is 11.2. The summed E-state index contributed by atoms with van der Waals surface area (Å²) in [6.45, 7) is 6.96. The van der Waals surface area contributed by atoms with Crippen LogP contribution in [0.3, 0.4) is 0 Å². The Hall–Kier alpha value is -2.51. The van der Waals surface area contributed by atoms with E-state index < -0.39 is 0 Å². The normalized spacial score (nSPS) is 17.9. The van der Waals surface area contributed by atoms with Crippen molar-refractivity contribution in [2.24, 2.45) is 0 Å². The summed E-state index contributed by atoms with van der Waals surface area (Å²) in [5, 5.41) is 10.6. The van der Waals surface area contributed by atoms with Crippen LogP contribution < -0.4 is 4.90 Å². The van der Waals surface area contributed by atoms with Crippen LogP contribution in [-0.4, -0.2) is 24.5 Å². The van der Waals surface area contributed by atoms with Gasteiger partial charge in [0.05, 0.1) is 28.4 Å². The van der Waals surface area contributed by atoms with Crippen molar-refractivity contribution < 1.29 is 0 Å². The molecule has 3 aromatic rings. The number of rotatable bonds is 4. The zero-order valence-electron chi connectivity index (χ0n) is 17.7. The summed E-state index contributed by atoms with van der Waals surface area (Å²) in [5.41, 5.74) is 5.35. The summed E-state index contributed by atoms with van der Waals surface area (Å²) in [7, 11) is 0. The lowest BCUT2D eigenvalue weighted by Crippen LogP contribution is -2.49. The molecule has 3 nitrogen and oxygen atoms in total. The van der Waals surface area contributed by atoms with Crippen molar-refractivity contribution in [1.82, 2.24) is 4.90 Å². The number of halogens is 2. The van der Waals surface area contributed by atoms with E-state index in [-0.39, 0.29) is 12.1 Å². The molecule has 31 heavy (non-hydrogen) atoms. The largest absolute Gasteiger partial charge is 0.361 e. The maximum atomic E-state index is 9.09. The molecule has 1 heterocycles. The zero-order valence-corrected chi connectivity index (χ0v) is 19.2. The lowest BCUT2D eigenvalue weighted by Gasteiger charge is -2.45. The molecular weight excluding hydrogens is 425 g/mol. The smallest absolute Gasteiger partial charge is 0.0991 e. The molecule has 1 fully saturated rings. The quantitative estimate of drug-likeness (QED) is 0.438. The third kappa shape index (κ3) is 4.72. The Kier molecular flexibility index (Phi) is 6.53. The summed E-state index contributed by atoms with van der Waals surface area (Å²) in [4.78, 5) is 4.91. The fraction of sp³-hybridized carbons (Fsp3) is 0.269. The van der Waals surface area contributed by atoms with Crippen LogP contribution in [0.25, 0.3) is 0 Å². The summed E-state index contributed by atoms with van der Waals surface area (Å²) < 4.78 is 0. The Morgan fingerprint density at radius 3 is 2.32 bits per heavy atom. The molecular formula is C26H25Cl2N3. The average Bonchev–Trinajstić information content (AvgIpc) is 2.79. The van der Waals surface area contributed by atoms with Crippen molar-refractivity contribution >= 4 is 28.9 Å². The molecule has 0 amide bonds. The van der Waals surface area contributed by atoms with Gasteiger partial charge >= 0.3 is 0 Å². The van der Waals surface area contributed by atoms with E-state index in [1.165, 1.54) is 11.1 Å². The Bertz CT molecular complexity index is 1090. The molecule has 0 bridgehead atoms. The summed E-state index contributed by atoms with van der Waals surface area (Å²) in [5.74, 6) is 0. The third-order valence-electron chi connectivity index (χ3n) is 6.15. The highest BCUT2D eigenvalue weighted by Crippen LogP contribution is 2.38. The second-order valence-electron chi connectivity index (χ2n) is 8.12. The van der Waals surface area contributed by atoms with Gasteiger partial charge in [-0.25, -0.2) is 0 Å². The van der Waals surface area contributed by atoms with E-state index in [1.54, 1.807) is 0 Å². The molecule has 0 saturated carbocycles. The monoisotopic (exact) mass is 449 g/mol. The van der Waals surface area contributed by atoms with Gasteiger partial charge in [-0.1, -0.05) is 53.5 Å². The number of hydrogen-bond donors (Lipinski definition) is 0. The van der Waals surface area contributed by atoms with Crippen LogP contribution in [0.5, 0.6) is 0 Å². The summed E-state index contributed by atoms with van der Waals surface area (Å²) in [6.07, 6.45) is 0. The van der Waals surface area contributed by atoms with Crippen LogP contribution in [0.4, 0.5) is 5.69 Å². The minimum absolute atomic E-state index is 0.159. The molecule has 1 saturated heterocycles. The maximum Gasteiger partial charge on any atom is 0.0991 e. The fourth-order valence-electron chi connectivity index (χ4n) is 4.31. The van der Waals surface area contributed by atoms with Gasteiger partial charge in [-0.2, -0.15) is 5.26 Å². The van der Waals surface area contributed by atoms with Crippen molar-refractivity contribution in [2.45, 2.75) is 25.9 Å². The number of anilines is 1. The minimum atomic E-state index is 0.159. The maximum absolute atomic E-state index is 9.09. The van der Waals surface area contributed by atoms with Crippen LogP contribution in [0.15, 0.2) is 66.7 Å². The van der Waals surface area contributed by atoms with E-state index in [0.29, 0.717) is 5.56 Å². The Balaban J connectivity index is 1.65. The first-order chi connectivity index (χ1) is 15.0.